The number of carbonyl (C=O) groups excluding carboxylic acids is 1. The van der Waals surface area contributed by atoms with Crippen molar-refractivity contribution in [3.05, 3.63) is 77.4 Å². The van der Waals surface area contributed by atoms with E-state index in [0.717, 1.165) is 22.4 Å². The van der Waals surface area contributed by atoms with Gasteiger partial charge in [0.25, 0.3) is 0 Å². The maximum atomic E-state index is 12.2. The Hall–Kier alpha value is -2.81. The summed E-state index contributed by atoms with van der Waals surface area (Å²) >= 11 is 0. The second-order valence-corrected chi connectivity index (χ2v) is 6.76. The number of hydrogen-bond acceptors (Lipinski definition) is 2. The van der Waals surface area contributed by atoms with Crippen LogP contribution in [0.3, 0.4) is 0 Å². The number of hydrogen-bond donors (Lipinski definition) is 1. The Kier molecular flexibility index (Phi) is 5.57. The lowest BCUT2D eigenvalue weighted by molar-refractivity contribution is -0.122. The fourth-order valence-corrected chi connectivity index (χ4v) is 2.99. The van der Waals surface area contributed by atoms with Gasteiger partial charge in [-0.15, -0.1) is 0 Å². The molecule has 0 saturated heterocycles. The number of amides is 1. The van der Waals surface area contributed by atoms with Gasteiger partial charge in [0.2, 0.25) is 5.91 Å². The number of aryl methyl sites for hydroxylation is 2. The normalized spacial score (nSPS) is 12.0. The van der Waals surface area contributed by atoms with Crippen LogP contribution >= 0.6 is 0 Å². The van der Waals surface area contributed by atoms with Crippen LogP contribution in [0.15, 0.2) is 60.7 Å². The predicted molar refractivity (Wildman–Crippen MR) is 107 cm³/mol. The molecule has 3 aromatic rings. The molecule has 3 rings (SSSR count). The topological polar surface area (TPSA) is 38.3 Å². The molecule has 1 amide bonds. The highest BCUT2D eigenvalue weighted by Gasteiger charge is 2.10. The summed E-state index contributed by atoms with van der Waals surface area (Å²) in [7, 11) is 0. The van der Waals surface area contributed by atoms with Gasteiger partial charge in [-0.2, -0.15) is 0 Å². The third-order valence-electron chi connectivity index (χ3n) is 4.58. The van der Waals surface area contributed by atoms with Gasteiger partial charge in [0, 0.05) is 0 Å². The van der Waals surface area contributed by atoms with Crippen molar-refractivity contribution in [1.82, 2.24) is 5.32 Å². The predicted octanol–water partition coefficient (Wildman–Crippen LogP) is 5.10. The monoisotopic (exact) mass is 347 g/mol. The average Bonchev–Trinajstić information content (AvgIpc) is 2.64. The first-order chi connectivity index (χ1) is 12.5. The molecule has 1 N–H and O–H groups in total. The molecule has 3 nitrogen and oxygen atoms in total. The molecule has 0 spiro atoms. The first kappa shape index (κ1) is 18.0. The van der Waals surface area contributed by atoms with E-state index in [4.69, 9.17) is 4.74 Å². The van der Waals surface area contributed by atoms with Crippen LogP contribution in [0.1, 0.15) is 36.1 Å². The van der Waals surface area contributed by atoms with Crippen molar-refractivity contribution in [2.75, 3.05) is 6.61 Å². The molecule has 26 heavy (non-hydrogen) atoms. The lowest BCUT2D eigenvalue weighted by Gasteiger charge is -2.16. The molecule has 3 aromatic carbocycles. The van der Waals surface area contributed by atoms with Crippen LogP contribution in [0.25, 0.3) is 10.8 Å². The third kappa shape index (κ3) is 4.42. The number of nitrogens with one attached hydrogen (secondary N) is 1. The Morgan fingerprint density at radius 1 is 1.00 bits per heavy atom. The van der Waals surface area contributed by atoms with Crippen molar-refractivity contribution < 1.29 is 9.53 Å². The second-order valence-electron chi connectivity index (χ2n) is 6.76. The summed E-state index contributed by atoms with van der Waals surface area (Å²) in [5, 5.41) is 5.44. The van der Waals surface area contributed by atoms with Crippen LogP contribution in [-0.4, -0.2) is 12.5 Å². The molecule has 0 heterocycles. The zero-order valence-electron chi connectivity index (χ0n) is 15.6. The SMILES string of the molecule is Cc1ccc(C)c(OCCC(=O)N[C@@H](C)c2ccc3ccccc3c2)c1. The van der Waals surface area contributed by atoms with Gasteiger partial charge >= 0.3 is 0 Å². The molecule has 0 unspecified atom stereocenters. The molecule has 0 aliphatic heterocycles. The van der Waals surface area contributed by atoms with Gasteiger partial charge in [0.15, 0.2) is 0 Å². The van der Waals surface area contributed by atoms with Crippen molar-refractivity contribution in [2.45, 2.75) is 33.2 Å². The maximum absolute atomic E-state index is 12.2. The van der Waals surface area contributed by atoms with E-state index in [0.29, 0.717) is 13.0 Å². The molecule has 0 fully saturated rings. The van der Waals surface area contributed by atoms with E-state index < -0.39 is 0 Å². The van der Waals surface area contributed by atoms with Crippen LogP contribution in [0, 0.1) is 13.8 Å². The molecule has 0 radical (unpaired) electrons. The van der Waals surface area contributed by atoms with E-state index in [-0.39, 0.29) is 11.9 Å². The van der Waals surface area contributed by atoms with Gasteiger partial charge < -0.3 is 10.1 Å². The summed E-state index contributed by atoms with van der Waals surface area (Å²) in [6, 6.07) is 20.6. The fraction of sp³-hybridized carbons (Fsp3) is 0.261. The first-order valence-corrected chi connectivity index (χ1v) is 9.01. The van der Waals surface area contributed by atoms with Gasteiger partial charge in [-0.05, 0) is 60.4 Å². The van der Waals surface area contributed by atoms with Crippen LogP contribution in [-0.2, 0) is 4.79 Å². The number of ether oxygens (including phenoxy) is 1. The summed E-state index contributed by atoms with van der Waals surface area (Å²) in [4.78, 5) is 12.2. The molecule has 3 heteroatoms. The van der Waals surface area contributed by atoms with Crippen LogP contribution < -0.4 is 10.1 Å². The summed E-state index contributed by atoms with van der Waals surface area (Å²) in [5.41, 5.74) is 3.34. The number of carbonyl (C=O) groups is 1. The van der Waals surface area contributed by atoms with E-state index in [2.05, 4.69) is 41.7 Å². The standard InChI is InChI=1S/C23H25NO2/c1-16-8-9-17(2)22(14-16)26-13-12-23(25)24-18(3)20-11-10-19-6-4-5-7-21(19)15-20/h4-11,14-15,18H,12-13H2,1-3H3,(H,24,25)/t18-/m0/s1. The van der Waals surface area contributed by atoms with Gasteiger partial charge in [0.05, 0.1) is 19.1 Å². The highest BCUT2D eigenvalue weighted by molar-refractivity contribution is 5.83. The van der Waals surface area contributed by atoms with Gasteiger partial charge in [-0.25, -0.2) is 0 Å². The van der Waals surface area contributed by atoms with Gasteiger partial charge in [-0.1, -0.05) is 48.5 Å². The highest BCUT2D eigenvalue weighted by Crippen LogP contribution is 2.21. The van der Waals surface area contributed by atoms with E-state index in [1.54, 1.807) is 0 Å². The molecular formula is C23H25NO2. The molecule has 0 aliphatic carbocycles. The number of fused-ring (bicyclic) bond motifs is 1. The Bertz CT molecular complexity index is 917. The number of rotatable bonds is 6. The molecule has 0 bridgehead atoms. The van der Waals surface area contributed by atoms with Crippen molar-refractivity contribution in [3.63, 3.8) is 0 Å². The molecule has 1 atom stereocenters. The lowest BCUT2D eigenvalue weighted by Crippen LogP contribution is -2.27. The van der Waals surface area contributed by atoms with Crippen molar-refractivity contribution in [3.8, 4) is 5.75 Å². The summed E-state index contributed by atoms with van der Waals surface area (Å²) in [6.07, 6.45) is 0.339. The van der Waals surface area contributed by atoms with Crippen LogP contribution in [0.2, 0.25) is 0 Å². The van der Waals surface area contributed by atoms with Crippen molar-refractivity contribution in [1.29, 1.82) is 0 Å². The Morgan fingerprint density at radius 3 is 2.58 bits per heavy atom. The highest BCUT2D eigenvalue weighted by atomic mass is 16.5. The second kappa shape index (κ2) is 8.05. The summed E-state index contributed by atoms with van der Waals surface area (Å²) < 4.78 is 5.77. The molecule has 0 saturated carbocycles. The minimum Gasteiger partial charge on any atom is -0.493 e. The average molecular weight is 347 g/mol. The molecule has 0 aromatic heterocycles. The number of benzene rings is 3. The van der Waals surface area contributed by atoms with E-state index >= 15 is 0 Å². The van der Waals surface area contributed by atoms with Gasteiger partial charge in [-0.3, -0.25) is 4.79 Å². The molecule has 134 valence electrons. The summed E-state index contributed by atoms with van der Waals surface area (Å²) in [6.45, 7) is 6.43. The van der Waals surface area contributed by atoms with E-state index in [1.807, 2.05) is 45.0 Å². The smallest absolute Gasteiger partial charge is 0.223 e. The lowest BCUT2D eigenvalue weighted by atomic mass is 10.0. The van der Waals surface area contributed by atoms with Crippen LogP contribution in [0.5, 0.6) is 5.75 Å². The zero-order valence-corrected chi connectivity index (χ0v) is 15.6. The minimum absolute atomic E-state index is 0.00374. The zero-order chi connectivity index (χ0) is 18.5. The maximum Gasteiger partial charge on any atom is 0.223 e. The quantitative estimate of drug-likeness (QED) is 0.673. The van der Waals surface area contributed by atoms with Crippen LogP contribution in [0.4, 0.5) is 0 Å². The minimum atomic E-state index is -0.0344. The van der Waals surface area contributed by atoms with E-state index in [9.17, 15) is 4.79 Å². The first-order valence-electron chi connectivity index (χ1n) is 9.01. The Labute approximate surface area is 155 Å². The van der Waals surface area contributed by atoms with Gasteiger partial charge in [0.1, 0.15) is 5.75 Å². The molecular weight excluding hydrogens is 322 g/mol. The largest absolute Gasteiger partial charge is 0.493 e. The van der Waals surface area contributed by atoms with E-state index in [1.165, 1.54) is 10.8 Å². The van der Waals surface area contributed by atoms with Crippen molar-refractivity contribution in [2.24, 2.45) is 0 Å². The third-order valence-corrected chi connectivity index (χ3v) is 4.58. The Balaban J connectivity index is 1.54. The fourth-order valence-electron chi connectivity index (χ4n) is 2.99. The van der Waals surface area contributed by atoms with Crippen molar-refractivity contribution >= 4 is 16.7 Å². The Morgan fingerprint density at radius 2 is 1.77 bits per heavy atom. The molecule has 0 aliphatic rings. The summed E-state index contributed by atoms with van der Waals surface area (Å²) in [5.74, 6) is 0.844.